The van der Waals surface area contributed by atoms with Gasteiger partial charge in [-0.1, -0.05) is 0 Å². The molecule has 18 heavy (non-hydrogen) atoms. The number of nitrogens with two attached hydrogens (primary N) is 1. The Morgan fingerprint density at radius 3 is 2.78 bits per heavy atom. The Bertz CT molecular complexity index is 432. The number of anilines is 1. The number of carbonyl (C=O) groups is 2. The van der Waals surface area contributed by atoms with Crippen molar-refractivity contribution in [3.63, 3.8) is 0 Å². The van der Waals surface area contributed by atoms with E-state index < -0.39 is 0 Å². The third kappa shape index (κ3) is 4.40. The summed E-state index contributed by atoms with van der Waals surface area (Å²) in [6.07, 6.45) is 3.16. The van der Waals surface area contributed by atoms with Crippen LogP contribution >= 0.6 is 0 Å². The Hall–Kier alpha value is -2.11. The molecule has 0 radical (unpaired) electrons. The van der Waals surface area contributed by atoms with Crippen LogP contribution in [0.25, 0.3) is 0 Å². The number of pyridine rings is 1. The summed E-state index contributed by atoms with van der Waals surface area (Å²) >= 11 is 0. The highest BCUT2D eigenvalue weighted by molar-refractivity contribution is 5.98. The molecule has 0 spiro atoms. The van der Waals surface area contributed by atoms with Crippen molar-refractivity contribution in [2.45, 2.75) is 26.3 Å². The molecule has 1 rings (SSSR count). The lowest BCUT2D eigenvalue weighted by atomic mass is 10.2. The van der Waals surface area contributed by atoms with Gasteiger partial charge in [-0.05, 0) is 19.9 Å². The van der Waals surface area contributed by atoms with Gasteiger partial charge in [-0.3, -0.25) is 14.6 Å². The minimum atomic E-state index is -0.321. The molecule has 6 nitrogen and oxygen atoms in total. The predicted octanol–water partition coefficient (Wildman–Crippen LogP) is 0.308. The van der Waals surface area contributed by atoms with E-state index in [-0.39, 0.29) is 30.8 Å². The molecule has 0 fully saturated rings. The van der Waals surface area contributed by atoms with Gasteiger partial charge in [0.15, 0.2) is 0 Å². The quantitative estimate of drug-likeness (QED) is 0.700. The number of aromatic nitrogens is 1. The Kier molecular flexibility index (Phi) is 5.10. The fourth-order valence-corrected chi connectivity index (χ4v) is 1.37. The van der Waals surface area contributed by atoms with Crippen molar-refractivity contribution in [3.8, 4) is 0 Å². The van der Waals surface area contributed by atoms with Gasteiger partial charge in [0, 0.05) is 37.1 Å². The molecule has 0 saturated heterocycles. The van der Waals surface area contributed by atoms with E-state index in [1.54, 1.807) is 6.07 Å². The Labute approximate surface area is 106 Å². The van der Waals surface area contributed by atoms with Crippen LogP contribution in [0.1, 0.15) is 30.6 Å². The minimum Gasteiger partial charge on any atom is -0.398 e. The van der Waals surface area contributed by atoms with Crippen LogP contribution in [0, 0.1) is 0 Å². The summed E-state index contributed by atoms with van der Waals surface area (Å²) in [4.78, 5) is 26.9. The van der Waals surface area contributed by atoms with E-state index >= 15 is 0 Å². The molecule has 6 heteroatoms. The van der Waals surface area contributed by atoms with E-state index in [1.807, 2.05) is 13.8 Å². The standard InChI is InChI=1S/C12H18N4O2/c1-8(2)16-11(17)4-6-15-12(18)9-7-14-5-3-10(9)13/h3,5,7-8H,4,6H2,1-2H3,(H2,13,14)(H,15,18)(H,16,17). The van der Waals surface area contributed by atoms with Crippen molar-refractivity contribution in [2.75, 3.05) is 12.3 Å². The van der Waals surface area contributed by atoms with E-state index in [0.29, 0.717) is 11.3 Å². The van der Waals surface area contributed by atoms with Gasteiger partial charge in [0.2, 0.25) is 5.91 Å². The molecule has 1 aromatic rings. The van der Waals surface area contributed by atoms with Crippen LogP contribution in [0.5, 0.6) is 0 Å². The van der Waals surface area contributed by atoms with Gasteiger partial charge in [0.05, 0.1) is 5.56 Å². The second kappa shape index (κ2) is 6.58. The second-order valence-corrected chi connectivity index (χ2v) is 4.19. The maximum Gasteiger partial charge on any atom is 0.254 e. The first-order valence-corrected chi connectivity index (χ1v) is 5.77. The zero-order valence-electron chi connectivity index (χ0n) is 10.6. The van der Waals surface area contributed by atoms with Gasteiger partial charge in [-0.15, -0.1) is 0 Å². The van der Waals surface area contributed by atoms with Gasteiger partial charge in [0.25, 0.3) is 5.91 Å². The number of nitrogen functional groups attached to an aromatic ring is 1. The number of amides is 2. The highest BCUT2D eigenvalue weighted by Gasteiger charge is 2.10. The number of carbonyl (C=O) groups excluding carboxylic acids is 2. The number of nitrogens with one attached hydrogen (secondary N) is 2. The highest BCUT2D eigenvalue weighted by atomic mass is 16.2. The van der Waals surface area contributed by atoms with Crippen molar-refractivity contribution in [3.05, 3.63) is 24.0 Å². The van der Waals surface area contributed by atoms with E-state index in [4.69, 9.17) is 5.73 Å². The van der Waals surface area contributed by atoms with Crippen LogP contribution in [0.4, 0.5) is 5.69 Å². The van der Waals surface area contributed by atoms with Crippen molar-refractivity contribution >= 4 is 17.5 Å². The average Bonchev–Trinajstić information content (AvgIpc) is 2.28. The van der Waals surface area contributed by atoms with Crippen LogP contribution in [-0.2, 0) is 4.79 Å². The van der Waals surface area contributed by atoms with Crippen LogP contribution < -0.4 is 16.4 Å². The Morgan fingerprint density at radius 1 is 1.44 bits per heavy atom. The summed E-state index contributed by atoms with van der Waals surface area (Å²) in [7, 11) is 0. The SMILES string of the molecule is CC(C)NC(=O)CCNC(=O)c1cnccc1N. The molecule has 0 aliphatic heterocycles. The summed E-state index contributed by atoms with van der Waals surface area (Å²) in [5, 5.41) is 5.36. The van der Waals surface area contributed by atoms with Crippen LogP contribution in [0.3, 0.4) is 0 Å². The fraction of sp³-hybridized carbons (Fsp3) is 0.417. The van der Waals surface area contributed by atoms with Crippen molar-refractivity contribution in [1.29, 1.82) is 0 Å². The van der Waals surface area contributed by atoms with Gasteiger partial charge in [-0.25, -0.2) is 0 Å². The summed E-state index contributed by atoms with van der Waals surface area (Å²) in [5.74, 6) is -0.414. The predicted molar refractivity (Wildman–Crippen MR) is 68.9 cm³/mol. The number of hydrogen-bond donors (Lipinski definition) is 3. The second-order valence-electron chi connectivity index (χ2n) is 4.19. The molecule has 1 aromatic heterocycles. The molecule has 0 aromatic carbocycles. The maximum absolute atomic E-state index is 11.7. The smallest absolute Gasteiger partial charge is 0.254 e. The van der Waals surface area contributed by atoms with Crippen LogP contribution in [0.15, 0.2) is 18.5 Å². The van der Waals surface area contributed by atoms with E-state index in [2.05, 4.69) is 15.6 Å². The molecule has 2 amide bonds. The topological polar surface area (TPSA) is 97.1 Å². The van der Waals surface area contributed by atoms with Crippen molar-refractivity contribution in [1.82, 2.24) is 15.6 Å². The number of hydrogen-bond acceptors (Lipinski definition) is 4. The molecule has 4 N–H and O–H groups in total. The number of rotatable bonds is 5. The molecule has 1 heterocycles. The zero-order valence-corrected chi connectivity index (χ0v) is 10.6. The van der Waals surface area contributed by atoms with Crippen LogP contribution in [-0.4, -0.2) is 29.4 Å². The first-order valence-electron chi connectivity index (χ1n) is 5.77. The lowest BCUT2D eigenvalue weighted by Gasteiger charge is -2.09. The van der Waals surface area contributed by atoms with Gasteiger partial charge in [-0.2, -0.15) is 0 Å². The van der Waals surface area contributed by atoms with E-state index in [0.717, 1.165) is 0 Å². The molecule has 0 aliphatic carbocycles. The molecular formula is C12H18N4O2. The summed E-state index contributed by atoms with van der Waals surface area (Å²) < 4.78 is 0. The molecular weight excluding hydrogens is 232 g/mol. The third-order valence-electron chi connectivity index (χ3n) is 2.19. The first-order chi connectivity index (χ1) is 8.50. The minimum absolute atomic E-state index is 0.0931. The molecule has 0 bridgehead atoms. The van der Waals surface area contributed by atoms with Gasteiger partial charge >= 0.3 is 0 Å². The van der Waals surface area contributed by atoms with Gasteiger partial charge in [0.1, 0.15) is 0 Å². The monoisotopic (exact) mass is 250 g/mol. The van der Waals surface area contributed by atoms with E-state index in [9.17, 15) is 9.59 Å². The lowest BCUT2D eigenvalue weighted by Crippen LogP contribution is -2.34. The third-order valence-corrected chi connectivity index (χ3v) is 2.19. The molecule has 0 aliphatic rings. The Morgan fingerprint density at radius 2 is 2.17 bits per heavy atom. The largest absolute Gasteiger partial charge is 0.398 e. The fourth-order valence-electron chi connectivity index (χ4n) is 1.37. The van der Waals surface area contributed by atoms with Crippen molar-refractivity contribution < 1.29 is 9.59 Å². The van der Waals surface area contributed by atoms with Crippen LogP contribution in [0.2, 0.25) is 0 Å². The maximum atomic E-state index is 11.7. The molecule has 98 valence electrons. The summed E-state index contributed by atoms with van der Waals surface area (Å²) in [5.41, 5.74) is 6.33. The van der Waals surface area contributed by atoms with Crippen molar-refractivity contribution in [2.24, 2.45) is 0 Å². The average molecular weight is 250 g/mol. The van der Waals surface area contributed by atoms with E-state index in [1.165, 1.54) is 12.4 Å². The first kappa shape index (κ1) is 14.0. The summed E-state index contributed by atoms with van der Waals surface area (Å²) in [6.45, 7) is 4.03. The zero-order chi connectivity index (χ0) is 13.5. The highest BCUT2D eigenvalue weighted by Crippen LogP contribution is 2.07. The summed E-state index contributed by atoms with van der Waals surface area (Å²) in [6, 6.07) is 1.66. The Balaban J connectivity index is 2.39. The van der Waals surface area contributed by atoms with Gasteiger partial charge < -0.3 is 16.4 Å². The normalized spacial score (nSPS) is 10.2. The lowest BCUT2D eigenvalue weighted by molar-refractivity contribution is -0.121. The molecule has 0 unspecified atom stereocenters. The molecule has 0 saturated carbocycles. The number of nitrogens with zero attached hydrogens (tertiary/aromatic N) is 1. The molecule has 0 atom stereocenters.